The third-order valence-electron chi connectivity index (χ3n) is 2.32. The summed E-state index contributed by atoms with van der Waals surface area (Å²) >= 11 is 1.50. The Bertz CT molecular complexity index is 634. The average Bonchev–Trinajstić information content (AvgIpc) is 3.02. The van der Waals surface area contributed by atoms with Gasteiger partial charge in [-0.25, -0.2) is 0 Å². The van der Waals surface area contributed by atoms with Crippen LogP contribution in [0.15, 0.2) is 22.0 Å². The van der Waals surface area contributed by atoms with E-state index < -0.39 is 0 Å². The Balaban J connectivity index is 1.99. The molecule has 0 aliphatic rings. The minimum atomic E-state index is -0.286. The molecule has 2 rings (SSSR count). The Morgan fingerprint density at radius 3 is 3.16 bits per heavy atom. The number of aromatic nitrogens is 1. The van der Waals surface area contributed by atoms with E-state index in [1.165, 1.54) is 11.3 Å². The molecule has 2 heterocycles. The van der Waals surface area contributed by atoms with E-state index in [0.29, 0.717) is 12.3 Å². The fourth-order valence-corrected chi connectivity index (χ4v) is 2.22. The van der Waals surface area contributed by atoms with Crippen molar-refractivity contribution in [2.75, 3.05) is 6.61 Å². The summed E-state index contributed by atoms with van der Waals surface area (Å²) in [5.74, 6) is 5.73. The molecule has 6 heteroatoms. The quantitative estimate of drug-likeness (QED) is 0.829. The molecule has 1 amide bonds. The van der Waals surface area contributed by atoms with Crippen molar-refractivity contribution < 1.29 is 14.4 Å². The minimum Gasteiger partial charge on any atom is -0.384 e. The molecule has 0 radical (unpaired) electrons. The summed E-state index contributed by atoms with van der Waals surface area (Å²) in [6.07, 6.45) is 0. The standard InChI is InChI=1S/C13H12N2O3S/c1-9-7-11(15-18-9)13(17)14-8-12-10(3-2-5-16)4-6-19-12/h4,6-7,16H,5,8H2,1H3,(H,14,17). The van der Waals surface area contributed by atoms with Gasteiger partial charge in [-0.15, -0.1) is 11.3 Å². The molecule has 2 aromatic heterocycles. The van der Waals surface area contributed by atoms with Gasteiger partial charge in [0.15, 0.2) is 5.69 Å². The topological polar surface area (TPSA) is 75.4 Å². The molecule has 2 N–H and O–H groups in total. The van der Waals surface area contributed by atoms with Gasteiger partial charge in [-0.2, -0.15) is 0 Å². The van der Waals surface area contributed by atoms with Gasteiger partial charge < -0.3 is 14.9 Å². The first-order valence-electron chi connectivity index (χ1n) is 5.58. The van der Waals surface area contributed by atoms with E-state index in [4.69, 9.17) is 9.63 Å². The smallest absolute Gasteiger partial charge is 0.273 e. The monoisotopic (exact) mass is 276 g/mol. The Morgan fingerprint density at radius 1 is 1.63 bits per heavy atom. The average molecular weight is 276 g/mol. The normalized spacial score (nSPS) is 9.79. The summed E-state index contributed by atoms with van der Waals surface area (Å²) in [6.45, 7) is 1.92. The van der Waals surface area contributed by atoms with Crippen LogP contribution in [0.4, 0.5) is 0 Å². The van der Waals surface area contributed by atoms with Gasteiger partial charge in [0.05, 0.1) is 6.54 Å². The molecule has 0 fully saturated rings. The molecule has 19 heavy (non-hydrogen) atoms. The molecule has 0 aliphatic heterocycles. The van der Waals surface area contributed by atoms with Gasteiger partial charge >= 0.3 is 0 Å². The Kier molecular flexibility index (Phi) is 4.34. The Hall–Kier alpha value is -2.10. The highest BCUT2D eigenvalue weighted by atomic mass is 32.1. The SMILES string of the molecule is Cc1cc(C(=O)NCc2sccc2C#CCO)no1. The van der Waals surface area contributed by atoms with Crippen LogP contribution < -0.4 is 5.32 Å². The first-order chi connectivity index (χ1) is 9.20. The van der Waals surface area contributed by atoms with Crippen molar-refractivity contribution in [1.82, 2.24) is 10.5 Å². The highest BCUT2D eigenvalue weighted by molar-refractivity contribution is 7.10. The number of hydrogen-bond acceptors (Lipinski definition) is 5. The van der Waals surface area contributed by atoms with E-state index in [1.54, 1.807) is 13.0 Å². The first kappa shape index (κ1) is 13.3. The number of carbonyl (C=O) groups is 1. The maximum absolute atomic E-state index is 11.8. The zero-order valence-corrected chi connectivity index (χ0v) is 11.1. The summed E-state index contributed by atoms with van der Waals surface area (Å²) in [6, 6.07) is 3.44. The van der Waals surface area contributed by atoms with Gasteiger partial charge in [-0.3, -0.25) is 4.79 Å². The largest absolute Gasteiger partial charge is 0.384 e. The Morgan fingerprint density at radius 2 is 2.47 bits per heavy atom. The van der Waals surface area contributed by atoms with Crippen molar-refractivity contribution in [3.05, 3.63) is 39.4 Å². The number of rotatable bonds is 3. The molecule has 0 unspecified atom stereocenters. The molecule has 0 atom stereocenters. The van der Waals surface area contributed by atoms with Crippen molar-refractivity contribution in [1.29, 1.82) is 0 Å². The van der Waals surface area contributed by atoms with Crippen LogP contribution >= 0.6 is 11.3 Å². The number of nitrogens with one attached hydrogen (secondary N) is 1. The summed E-state index contributed by atoms with van der Waals surface area (Å²) in [5, 5.41) is 17.0. The summed E-state index contributed by atoms with van der Waals surface area (Å²) in [5.41, 5.74) is 1.08. The summed E-state index contributed by atoms with van der Waals surface area (Å²) in [7, 11) is 0. The van der Waals surface area contributed by atoms with Gasteiger partial charge in [0, 0.05) is 16.5 Å². The second-order valence-electron chi connectivity index (χ2n) is 3.72. The zero-order chi connectivity index (χ0) is 13.7. The number of aliphatic hydroxyl groups excluding tert-OH is 1. The zero-order valence-electron chi connectivity index (χ0n) is 10.3. The van der Waals surface area contributed by atoms with Gasteiger partial charge in [-0.1, -0.05) is 17.0 Å². The maximum Gasteiger partial charge on any atom is 0.273 e. The lowest BCUT2D eigenvalue weighted by atomic mass is 10.2. The molecule has 2 aromatic rings. The number of amides is 1. The lowest BCUT2D eigenvalue weighted by Crippen LogP contribution is -2.22. The fourth-order valence-electron chi connectivity index (χ4n) is 1.45. The van der Waals surface area contributed by atoms with Crippen LogP contribution in [-0.4, -0.2) is 22.8 Å². The van der Waals surface area contributed by atoms with Gasteiger partial charge in [-0.05, 0) is 18.4 Å². The molecule has 0 saturated carbocycles. The maximum atomic E-state index is 11.8. The predicted molar refractivity (Wildman–Crippen MR) is 70.7 cm³/mol. The molecule has 0 bridgehead atoms. The molecule has 98 valence electrons. The lowest BCUT2D eigenvalue weighted by Gasteiger charge is -2.01. The molecule has 5 nitrogen and oxygen atoms in total. The highest BCUT2D eigenvalue weighted by Gasteiger charge is 2.11. The number of thiophene rings is 1. The van der Waals surface area contributed by atoms with Gasteiger partial charge in [0.25, 0.3) is 5.91 Å². The Labute approximate surface area is 114 Å². The third kappa shape index (κ3) is 3.44. The van der Waals surface area contributed by atoms with Crippen LogP contribution in [0.2, 0.25) is 0 Å². The number of aryl methyl sites for hydroxylation is 1. The van der Waals surface area contributed by atoms with Crippen molar-refractivity contribution in [3.63, 3.8) is 0 Å². The molecule has 0 saturated heterocycles. The van der Waals surface area contributed by atoms with E-state index in [9.17, 15) is 4.79 Å². The van der Waals surface area contributed by atoms with Crippen LogP contribution in [0.1, 0.15) is 26.7 Å². The van der Waals surface area contributed by atoms with E-state index in [1.807, 2.05) is 11.4 Å². The van der Waals surface area contributed by atoms with Crippen LogP contribution in [0.25, 0.3) is 0 Å². The van der Waals surface area contributed by atoms with Gasteiger partial charge in [0.2, 0.25) is 0 Å². The van der Waals surface area contributed by atoms with E-state index in [0.717, 1.165) is 10.4 Å². The van der Waals surface area contributed by atoms with Crippen LogP contribution in [0.5, 0.6) is 0 Å². The van der Waals surface area contributed by atoms with Crippen molar-refractivity contribution in [3.8, 4) is 11.8 Å². The number of hydrogen-bond donors (Lipinski definition) is 2. The van der Waals surface area contributed by atoms with E-state index >= 15 is 0 Å². The van der Waals surface area contributed by atoms with Crippen LogP contribution in [0, 0.1) is 18.8 Å². The molecular formula is C13H12N2O3S. The minimum absolute atomic E-state index is 0.181. The van der Waals surface area contributed by atoms with E-state index in [2.05, 4.69) is 22.3 Å². The summed E-state index contributed by atoms with van der Waals surface area (Å²) < 4.78 is 4.84. The number of carbonyl (C=O) groups excluding carboxylic acids is 1. The molecular weight excluding hydrogens is 264 g/mol. The van der Waals surface area contributed by atoms with Crippen molar-refractivity contribution in [2.24, 2.45) is 0 Å². The highest BCUT2D eigenvalue weighted by Crippen LogP contribution is 2.15. The van der Waals surface area contributed by atoms with Crippen LogP contribution in [-0.2, 0) is 6.54 Å². The van der Waals surface area contributed by atoms with Crippen LogP contribution in [0.3, 0.4) is 0 Å². The van der Waals surface area contributed by atoms with Gasteiger partial charge in [0.1, 0.15) is 12.4 Å². The van der Waals surface area contributed by atoms with E-state index in [-0.39, 0.29) is 18.2 Å². The molecule has 0 spiro atoms. The lowest BCUT2D eigenvalue weighted by molar-refractivity contribution is 0.0942. The molecule has 0 aliphatic carbocycles. The second-order valence-corrected chi connectivity index (χ2v) is 4.72. The predicted octanol–water partition coefficient (Wildman–Crippen LogP) is 1.32. The second kappa shape index (κ2) is 6.18. The third-order valence-corrected chi connectivity index (χ3v) is 3.24. The summed E-state index contributed by atoms with van der Waals surface area (Å²) in [4.78, 5) is 12.7. The number of nitrogens with zero attached hydrogens (tertiary/aromatic N) is 1. The van der Waals surface area contributed by atoms with Crippen molar-refractivity contribution >= 4 is 17.2 Å². The first-order valence-corrected chi connectivity index (χ1v) is 6.46. The molecule has 0 aromatic carbocycles. The van der Waals surface area contributed by atoms with Crippen molar-refractivity contribution in [2.45, 2.75) is 13.5 Å². The fraction of sp³-hybridized carbons (Fsp3) is 0.231. The number of aliphatic hydroxyl groups is 1.